The molecule has 8 rings (SSSR count). The second-order valence-corrected chi connectivity index (χ2v) is 23.7. The maximum atomic E-state index is 6.79. The zero-order valence-corrected chi connectivity index (χ0v) is 35.8. The highest BCUT2D eigenvalue weighted by atomic mass is 28.3. The monoisotopic (exact) mass is 748 g/mol. The summed E-state index contributed by atoms with van der Waals surface area (Å²) in [7, 11) is -1.65. The first-order valence-corrected chi connectivity index (χ1v) is 24.8. The summed E-state index contributed by atoms with van der Waals surface area (Å²) in [5.41, 5.74) is 13.8. The summed E-state index contributed by atoms with van der Waals surface area (Å²) < 4.78 is 9.44. The SMILES string of the molecule is C=C1CC2C(CCc3cc(C)c4c(oc5nc(C)ccc54)c3C(/C=C\CCCC3CCC(C)CC3)=N\1)c1ccccc1-c1cc(C(C)C)c([Si](C)(C)C)c[n+]12. The van der Waals surface area contributed by atoms with Gasteiger partial charge in [-0.15, -0.1) is 0 Å². The second kappa shape index (κ2) is 15.1. The second-order valence-electron chi connectivity index (χ2n) is 18.7. The largest absolute Gasteiger partial charge is 0.437 e. The van der Waals surface area contributed by atoms with Crippen molar-refractivity contribution in [3.8, 4) is 11.3 Å². The quantitative estimate of drug-likeness (QED) is 0.0945. The lowest BCUT2D eigenvalue weighted by Crippen LogP contribution is -2.54. The fourth-order valence-electron chi connectivity index (χ4n) is 10.2. The van der Waals surface area contributed by atoms with Crippen molar-refractivity contribution >= 4 is 41.0 Å². The molecule has 3 aromatic heterocycles. The summed E-state index contributed by atoms with van der Waals surface area (Å²) in [5, 5.41) is 3.80. The molecule has 1 fully saturated rings. The van der Waals surface area contributed by atoms with E-state index in [1.54, 1.807) is 5.19 Å². The number of pyridine rings is 2. The third-order valence-electron chi connectivity index (χ3n) is 13.2. The number of fused-ring (bicyclic) bond motifs is 11. The number of aryl methyl sites for hydroxylation is 3. The zero-order valence-electron chi connectivity index (χ0n) is 34.8. The lowest BCUT2D eigenvalue weighted by Gasteiger charge is -2.33. The van der Waals surface area contributed by atoms with Crippen molar-refractivity contribution < 1.29 is 8.98 Å². The molecule has 0 radical (unpaired) electrons. The number of rotatable bonds is 7. The van der Waals surface area contributed by atoms with Crippen LogP contribution < -0.4 is 9.75 Å². The topological polar surface area (TPSA) is 42.3 Å². The predicted octanol–water partition coefficient (Wildman–Crippen LogP) is 12.8. The van der Waals surface area contributed by atoms with Crippen LogP contribution in [-0.2, 0) is 6.42 Å². The third-order valence-corrected chi connectivity index (χ3v) is 15.2. The summed E-state index contributed by atoms with van der Waals surface area (Å²) in [5.74, 6) is 2.58. The first kappa shape index (κ1) is 37.8. The molecule has 0 spiro atoms. The Morgan fingerprint density at radius 3 is 2.55 bits per heavy atom. The summed E-state index contributed by atoms with van der Waals surface area (Å²) in [4.78, 5) is 10.4. The number of unbranched alkanes of at least 4 members (excludes halogenated alkanes) is 1. The normalized spacial score (nSPS) is 22.7. The van der Waals surface area contributed by atoms with Crippen LogP contribution in [0.1, 0.15) is 130 Å². The first-order valence-electron chi connectivity index (χ1n) is 21.3. The van der Waals surface area contributed by atoms with E-state index in [-0.39, 0.29) is 6.04 Å². The Balaban J connectivity index is 1.25. The van der Waals surface area contributed by atoms with Gasteiger partial charge in [-0.25, -0.2) is 4.98 Å². The van der Waals surface area contributed by atoms with Crippen LogP contribution in [0.2, 0.25) is 19.6 Å². The molecular weight excluding hydrogens is 687 g/mol. The van der Waals surface area contributed by atoms with Gasteiger partial charge < -0.3 is 4.42 Å². The average Bonchev–Trinajstić information content (AvgIpc) is 3.52. The molecule has 0 amide bonds. The smallest absolute Gasteiger partial charge is 0.227 e. The van der Waals surface area contributed by atoms with Gasteiger partial charge in [0.15, 0.2) is 12.2 Å². The van der Waals surface area contributed by atoms with E-state index >= 15 is 0 Å². The fraction of sp³-hybridized carbons (Fsp3) is 0.460. The van der Waals surface area contributed by atoms with Gasteiger partial charge in [-0.1, -0.05) is 109 Å². The Labute approximate surface area is 330 Å². The van der Waals surface area contributed by atoms with Crippen LogP contribution in [0.5, 0.6) is 0 Å². The number of benzene rings is 2. The van der Waals surface area contributed by atoms with Gasteiger partial charge in [0.05, 0.1) is 20.2 Å². The standard InChI is InChI=1S/C50H62N3OSi/c1-31(2)42-29-45-39-17-14-13-16-38(39)40-26-24-37-27-33(4)47-41-25-21-34(5)52-50(41)54-49(47)48(37)43(18-12-10-11-15-36-22-19-32(3)20-23-36)51-35(6)28-44(40)53(45)30-46(42)55(7,8)9/h12-14,16-18,21,25,27,29-32,36,40,44H,6,10-11,15,19-20,22-24,26,28H2,1-5,7-9H3/q+1/b18-12-,51-43-. The molecule has 5 aromatic rings. The van der Waals surface area contributed by atoms with E-state index in [2.05, 4.69) is 119 Å². The molecule has 2 atom stereocenters. The fourth-order valence-corrected chi connectivity index (χ4v) is 11.9. The Bertz CT molecular complexity index is 2330. The number of allylic oxidation sites excluding steroid dienone is 3. The van der Waals surface area contributed by atoms with E-state index in [9.17, 15) is 0 Å². The number of aliphatic imine (C=N–C) groups is 1. The molecule has 3 aliphatic rings. The zero-order chi connectivity index (χ0) is 38.6. The van der Waals surface area contributed by atoms with Gasteiger partial charge in [-0.3, -0.25) is 4.99 Å². The lowest BCUT2D eigenvalue weighted by molar-refractivity contribution is -0.717. The number of hydrogen-bond donors (Lipinski definition) is 0. The minimum Gasteiger partial charge on any atom is -0.437 e. The van der Waals surface area contributed by atoms with Crippen molar-refractivity contribution in [3.05, 3.63) is 113 Å². The molecule has 0 N–H and O–H groups in total. The Morgan fingerprint density at radius 1 is 1.00 bits per heavy atom. The number of furan rings is 1. The van der Waals surface area contributed by atoms with Gasteiger partial charge in [-0.05, 0) is 104 Å². The van der Waals surface area contributed by atoms with Gasteiger partial charge >= 0.3 is 0 Å². The highest BCUT2D eigenvalue weighted by Gasteiger charge is 2.42. The first-order chi connectivity index (χ1) is 26.4. The molecule has 55 heavy (non-hydrogen) atoms. The summed E-state index contributed by atoms with van der Waals surface area (Å²) in [6.45, 7) is 23.6. The minimum atomic E-state index is -1.65. The van der Waals surface area contributed by atoms with Crippen molar-refractivity contribution in [2.75, 3.05) is 0 Å². The molecule has 0 bridgehead atoms. The molecule has 4 nitrogen and oxygen atoms in total. The van der Waals surface area contributed by atoms with Gasteiger partial charge in [0, 0.05) is 50.5 Å². The van der Waals surface area contributed by atoms with E-state index < -0.39 is 8.07 Å². The Hall–Kier alpha value is -4.09. The predicted molar refractivity (Wildman–Crippen MR) is 235 cm³/mol. The van der Waals surface area contributed by atoms with E-state index in [1.807, 2.05) is 6.92 Å². The van der Waals surface area contributed by atoms with Crippen LogP contribution in [0.3, 0.4) is 0 Å². The van der Waals surface area contributed by atoms with Crippen LogP contribution in [0.25, 0.3) is 33.3 Å². The maximum absolute atomic E-state index is 6.79. The van der Waals surface area contributed by atoms with Crippen molar-refractivity contribution in [2.24, 2.45) is 16.8 Å². The number of hydrogen-bond acceptors (Lipinski definition) is 3. The maximum Gasteiger partial charge on any atom is 0.227 e. The molecule has 1 saturated carbocycles. The van der Waals surface area contributed by atoms with E-state index in [0.29, 0.717) is 17.5 Å². The van der Waals surface area contributed by atoms with Crippen LogP contribution >= 0.6 is 0 Å². The van der Waals surface area contributed by atoms with Crippen molar-refractivity contribution in [1.29, 1.82) is 0 Å². The highest BCUT2D eigenvalue weighted by Crippen LogP contribution is 2.45. The minimum absolute atomic E-state index is 0.227. The van der Waals surface area contributed by atoms with Crippen LogP contribution in [-0.4, -0.2) is 18.8 Å². The van der Waals surface area contributed by atoms with Crippen molar-refractivity contribution in [3.63, 3.8) is 0 Å². The van der Waals surface area contributed by atoms with Crippen molar-refractivity contribution in [2.45, 2.75) is 136 Å². The van der Waals surface area contributed by atoms with Gasteiger partial charge in [0.25, 0.3) is 0 Å². The average molecular weight is 749 g/mol. The van der Waals surface area contributed by atoms with Gasteiger partial charge in [0.1, 0.15) is 5.58 Å². The molecule has 286 valence electrons. The molecule has 5 heteroatoms. The molecule has 2 aromatic carbocycles. The van der Waals surface area contributed by atoms with E-state index in [1.165, 1.54) is 72.0 Å². The van der Waals surface area contributed by atoms with Gasteiger partial charge in [-0.2, -0.15) is 4.57 Å². The Morgan fingerprint density at radius 2 is 1.78 bits per heavy atom. The molecule has 2 aliphatic heterocycles. The molecule has 0 saturated heterocycles. The molecular formula is C50H62N3OSi+. The lowest BCUT2D eigenvalue weighted by atomic mass is 9.77. The van der Waals surface area contributed by atoms with Crippen LogP contribution in [0, 0.1) is 25.7 Å². The van der Waals surface area contributed by atoms with Crippen molar-refractivity contribution in [1.82, 2.24) is 4.98 Å². The van der Waals surface area contributed by atoms with Crippen LogP contribution in [0.4, 0.5) is 0 Å². The summed E-state index contributed by atoms with van der Waals surface area (Å²) in [6, 6.07) is 18.7. The molecule has 5 heterocycles. The highest BCUT2D eigenvalue weighted by molar-refractivity contribution is 6.89. The van der Waals surface area contributed by atoms with Crippen LogP contribution in [0.15, 0.2) is 88.6 Å². The molecule has 2 unspecified atom stereocenters. The Kier molecular flexibility index (Phi) is 10.4. The number of aromatic nitrogens is 2. The van der Waals surface area contributed by atoms with Gasteiger partial charge in [0.2, 0.25) is 11.4 Å². The number of nitrogens with zero attached hydrogens (tertiary/aromatic N) is 3. The summed E-state index contributed by atoms with van der Waals surface area (Å²) in [6.07, 6.45) is 19.2. The summed E-state index contributed by atoms with van der Waals surface area (Å²) >= 11 is 0. The molecule has 1 aliphatic carbocycles. The third kappa shape index (κ3) is 7.34. The van der Waals surface area contributed by atoms with E-state index in [4.69, 9.17) is 21.0 Å². The van der Waals surface area contributed by atoms with E-state index in [0.717, 1.165) is 76.5 Å².